The molecule has 4 rings (SSSR count). The smallest absolute Gasteiger partial charge is 0.257 e. The van der Waals surface area contributed by atoms with Gasteiger partial charge in [0, 0.05) is 6.54 Å². The molecule has 2 aliphatic rings. The number of guanidine groups is 1. The van der Waals surface area contributed by atoms with Crippen LogP contribution in [0.25, 0.3) is 0 Å². The fraction of sp³-hybridized carbons (Fsp3) is 0.516. The molecule has 1 fully saturated rings. The molecule has 2 aromatic carbocycles. The van der Waals surface area contributed by atoms with E-state index in [1.165, 1.54) is 32.1 Å². The lowest BCUT2D eigenvalue weighted by atomic mass is 9.77. The lowest BCUT2D eigenvalue weighted by Crippen LogP contribution is -2.45. The van der Waals surface area contributed by atoms with E-state index < -0.39 is 5.54 Å². The molecule has 38 heavy (non-hydrogen) atoms. The SMILES string of the molecule is CCCCC1(CC2CCCCC2)N=C(N)N(Cc2ccc(CNC(=O)Cc3cccc(OC)c3)cc2)C1=O. The Morgan fingerprint density at radius 1 is 1.11 bits per heavy atom. The van der Waals surface area contributed by atoms with Crippen LogP contribution in [-0.4, -0.2) is 35.3 Å². The summed E-state index contributed by atoms with van der Waals surface area (Å²) in [4.78, 5) is 32.7. The van der Waals surface area contributed by atoms with E-state index in [1.54, 1.807) is 12.0 Å². The van der Waals surface area contributed by atoms with E-state index in [-0.39, 0.29) is 11.8 Å². The lowest BCUT2D eigenvalue weighted by Gasteiger charge is -2.32. The minimum atomic E-state index is -0.699. The molecule has 1 atom stereocenters. The van der Waals surface area contributed by atoms with Gasteiger partial charge in [-0.3, -0.25) is 14.5 Å². The van der Waals surface area contributed by atoms with Crippen LogP contribution >= 0.6 is 0 Å². The minimum absolute atomic E-state index is 0.0460. The summed E-state index contributed by atoms with van der Waals surface area (Å²) >= 11 is 0. The van der Waals surface area contributed by atoms with Gasteiger partial charge in [-0.1, -0.05) is 88.3 Å². The van der Waals surface area contributed by atoms with Gasteiger partial charge in [0.05, 0.1) is 20.1 Å². The summed E-state index contributed by atoms with van der Waals surface area (Å²) in [6.45, 7) is 3.01. The maximum absolute atomic E-state index is 13.7. The second-order valence-electron chi connectivity index (χ2n) is 10.8. The molecule has 1 aliphatic heterocycles. The summed E-state index contributed by atoms with van der Waals surface area (Å²) in [5.41, 5.74) is 8.56. The second kappa shape index (κ2) is 12.9. The zero-order valence-electron chi connectivity index (χ0n) is 22.9. The van der Waals surface area contributed by atoms with Gasteiger partial charge < -0.3 is 15.8 Å². The highest BCUT2D eigenvalue weighted by Gasteiger charge is 2.48. The Morgan fingerprint density at radius 3 is 2.55 bits per heavy atom. The van der Waals surface area contributed by atoms with E-state index in [9.17, 15) is 9.59 Å². The summed E-state index contributed by atoms with van der Waals surface area (Å²) in [7, 11) is 1.62. The molecule has 3 N–H and O–H groups in total. The predicted octanol–water partition coefficient (Wildman–Crippen LogP) is 5.11. The van der Waals surface area contributed by atoms with Crippen molar-refractivity contribution in [2.75, 3.05) is 7.11 Å². The molecule has 1 unspecified atom stereocenters. The number of carbonyl (C=O) groups excluding carboxylic acids is 2. The molecule has 1 aliphatic carbocycles. The Hall–Kier alpha value is -3.35. The molecule has 0 saturated heterocycles. The van der Waals surface area contributed by atoms with Crippen LogP contribution < -0.4 is 15.8 Å². The summed E-state index contributed by atoms with van der Waals surface area (Å²) in [5, 5.41) is 2.98. The van der Waals surface area contributed by atoms with Crippen LogP contribution in [0.1, 0.15) is 81.4 Å². The third kappa shape index (κ3) is 6.94. The third-order valence-corrected chi connectivity index (χ3v) is 7.90. The molecular weight excluding hydrogens is 476 g/mol. The summed E-state index contributed by atoms with van der Waals surface area (Å²) < 4.78 is 5.23. The zero-order chi connectivity index (χ0) is 27.0. The van der Waals surface area contributed by atoms with Crippen molar-refractivity contribution in [2.24, 2.45) is 16.6 Å². The first-order chi connectivity index (χ1) is 18.4. The van der Waals surface area contributed by atoms with Gasteiger partial charge in [0.25, 0.3) is 5.91 Å². The van der Waals surface area contributed by atoms with Crippen molar-refractivity contribution in [3.8, 4) is 5.75 Å². The third-order valence-electron chi connectivity index (χ3n) is 7.90. The molecule has 7 heteroatoms. The fourth-order valence-corrected chi connectivity index (χ4v) is 5.75. The summed E-state index contributed by atoms with van der Waals surface area (Å²) in [6.07, 6.45) is 10.1. The zero-order valence-corrected chi connectivity index (χ0v) is 22.9. The molecule has 2 amide bonds. The highest BCUT2D eigenvalue weighted by Crippen LogP contribution is 2.39. The molecule has 0 radical (unpaired) electrons. The van der Waals surface area contributed by atoms with Crippen LogP contribution in [0.4, 0.5) is 0 Å². The Morgan fingerprint density at radius 2 is 1.84 bits per heavy atom. The topological polar surface area (TPSA) is 97.0 Å². The Labute approximate surface area is 226 Å². The van der Waals surface area contributed by atoms with Gasteiger partial charge in [0.1, 0.15) is 11.3 Å². The number of amides is 2. The number of carbonyl (C=O) groups is 2. The maximum atomic E-state index is 13.7. The second-order valence-corrected chi connectivity index (χ2v) is 10.8. The molecule has 0 bridgehead atoms. The first-order valence-corrected chi connectivity index (χ1v) is 14.1. The monoisotopic (exact) mass is 518 g/mol. The number of aliphatic imine (C=N–C) groups is 1. The van der Waals surface area contributed by atoms with Crippen LogP contribution in [0.2, 0.25) is 0 Å². The molecular formula is C31H42N4O3. The number of nitrogens with one attached hydrogen (secondary N) is 1. The number of rotatable bonds is 12. The van der Waals surface area contributed by atoms with Crippen LogP contribution in [0.15, 0.2) is 53.5 Å². The average Bonchev–Trinajstić information content (AvgIpc) is 3.16. The number of hydrogen-bond acceptors (Lipinski definition) is 5. The quantitative estimate of drug-likeness (QED) is 0.408. The Bertz CT molecular complexity index is 1120. The van der Waals surface area contributed by atoms with Crippen molar-refractivity contribution in [1.82, 2.24) is 10.2 Å². The molecule has 0 spiro atoms. The van der Waals surface area contributed by atoms with Gasteiger partial charge >= 0.3 is 0 Å². The number of nitrogens with two attached hydrogens (primary N) is 1. The van der Waals surface area contributed by atoms with Crippen molar-refractivity contribution < 1.29 is 14.3 Å². The van der Waals surface area contributed by atoms with Gasteiger partial charge in [-0.05, 0) is 47.6 Å². The lowest BCUT2D eigenvalue weighted by molar-refractivity contribution is -0.132. The van der Waals surface area contributed by atoms with E-state index in [0.717, 1.165) is 48.1 Å². The molecule has 1 heterocycles. The summed E-state index contributed by atoms with van der Waals surface area (Å²) in [6, 6.07) is 15.5. The number of unbranched alkanes of at least 4 members (excludes halogenated alkanes) is 1. The first kappa shape index (κ1) is 27.7. The highest BCUT2D eigenvalue weighted by molar-refractivity contribution is 6.06. The van der Waals surface area contributed by atoms with Gasteiger partial charge in [-0.15, -0.1) is 0 Å². The van der Waals surface area contributed by atoms with Crippen molar-refractivity contribution in [3.05, 3.63) is 65.2 Å². The van der Waals surface area contributed by atoms with E-state index in [4.69, 9.17) is 15.5 Å². The molecule has 2 aromatic rings. The molecule has 1 saturated carbocycles. The van der Waals surface area contributed by atoms with Crippen LogP contribution in [-0.2, 0) is 29.1 Å². The molecule has 0 aromatic heterocycles. The van der Waals surface area contributed by atoms with Gasteiger partial charge in [-0.2, -0.15) is 0 Å². The van der Waals surface area contributed by atoms with E-state index in [0.29, 0.717) is 31.4 Å². The number of benzene rings is 2. The van der Waals surface area contributed by atoms with Gasteiger partial charge in [0.2, 0.25) is 5.91 Å². The number of methoxy groups -OCH3 is 1. The normalized spacial score (nSPS) is 19.9. The Kier molecular flexibility index (Phi) is 9.43. The largest absolute Gasteiger partial charge is 0.497 e. The van der Waals surface area contributed by atoms with Crippen LogP contribution in [0.5, 0.6) is 5.75 Å². The number of nitrogens with zero attached hydrogens (tertiary/aromatic N) is 2. The van der Waals surface area contributed by atoms with E-state index in [1.807, 2.05) is 48.5 Å². The maximum Gasteiger partial charge on any atom is 0.257 e. The van der Waals surface area contributed by atoms with Crippen molar-refractivity contribution >= 4 is 17.8 Å². The summed E-state index contributed by atoms with van der Waals surface area (Å²) in [5.74, 6) is 1.65. The van der Waals surface area contributed by atoms with Gasteiger partial charge in [-0.25, -0.2) is 4.99 Å². The van der Waals surface area contributed by atoms with Crippen molar-refractivity contribution in [2.45, 2.75) is 89.8 Å². The van der Waals surface area contributed by atoms with Crippen LogP contribution in [0.3, 0.4) is 0 Å². The molecule has 7 nitrogen and oxygen atoms in total. The predicted molar refractivity (Wildman–Crippen MR) is 151 cm³/mol. The first-order valence-electron chi connectivity index (χ1n) is 14.1. The molecule has 204 valence electrons. The minimum Gasteiger partial charge on any atom is -0.497 e. The highest BCUT2D eigenvalue weighted by atomic mass is 16.5. The van der Waals surface area contributed by atoms with Crippen LogP contribution in [0, 0.1) is 5.92 Å². The Balaban J connectivity index is 1.33. The van der Waals surface area contributed by atoms with Gasteiger partial charge in [0.15, 0.2) is 5.96 Å². The van der Waals surface area contributed by atoms with E-state index in [2.05, 4.69) is 12.2 Å². The fourth-order valence-electron chi connectivity index (χ4n) is 5.75. The average molecular weight is 519 g/mol. The van der Waals surface area contributed by atoms with Crippen molar-refractivity contribution in [1.29, 1.82) is 0 Å². The number of hydrogen-bond donors (Lipinski definition) is 2. The standard InChI is InChI=1S/C31H42N4O3/c1-3-4-17-31(20-23-9-6-5-7-10-23)29(37)35(30(32)34-31)22-25-15-13-24(14-16-25)21-33-28(36)19-26-11-8-12-27(18-26)38-2/h8,11-16,18,23H,3-7,9-10,17,19-22H2,1-2H3,(H2,32,34)(H,33,36). The number of ether oxygens (including phenoxy) is 1. The van der Waals surface area contributed by atoms with E-state index >= 15 is 0 Å². The van der Waals surface area contributed by atoms with Crippen molar-refractivity contribution in [3.63, 3.8) is 0 Å².